The zero-order valence-corrected chi connectivity index (χ0v) is 12.8. The summed E-state index contributed by atoms with van der Waals surface area (Å²) in [6.07, 6.45) is 3.76. The summed E-state index contributed by atoms with van der Waals surface area (Å²) in [4.78, 5) is 11.7. The lowest BCUT2D eigenvalue weighted by molar-refractivity contribution is -0.116. The number of carbonyl (C=O) groups excluding carboxylic acids is 1. The highest BCUT2D eigenvalue weighted by molar-refractivity contribution is 5.91. The number of carbonyl (C=O) groups is 1. The number of aromatic hydroxyl groups is 2. The Kier molecular flexibility index (Phi) is 5.63. The quantitative estimate of drug-likeness (QED) is 0.716. The van der Waals surface area contributed by atoms with E-state index >= 15 is 0 Å². The third-order valence-corrected chi connectivity index (χ3v) is 3.28. The van der Waals surface area contributed by atoms with Gasteiger partial charge in [-0.3, -0.25) is 4.79 Å². The predicted molar refractivity (Wildman–Crippen MR) is 88.5 cm³/mol. The van der Waals surface area contributed by atoms with E-state index in [1.165, 1.54) is 13.2 Å². The first kappa shape index (κ1) is 16.4. The van der Waals surface area contributed by atoms with Gasteiger partial charge in [-0.25, -0.2) is 0 Å². The maximum atomic E-state index is 11.7. The molecule has 0 saturated heterocycles. The lowest BCUT2D eigenvalue weighted by Gasteiger charge is -2.07. The van der Waals surface area contributed by atoms with Crippen molar-refractivity contribution in [1.82, 2.24) is 5.32 Å². The molecule has 23 heavy (non-hydrogen) atoms. The number of phenols is 2. The van der Waals surface area contributed by atoms with E-state index < -0.39 is 0 Å². The van der Waals surface area contributed by atoms with Crippen molar-refractivity contribution in [3.63, 3.8) is 0 Å². The monoisotopic (exact) mass is 313 g/mol. The second kappa shape index (κ2) is 7.89. The summed E-state index contributed by atoms with van der Waals surface area (Å²) >= 11 is 0. The number of hydrogen-bond acceptors (Lipinski definition) is 4. The maximum Gasteiger partial charge on any atom is 0.244 e. The van der Waals surface area contributed by atoms with Crippen LogP contribution in [0.3, 0.4) is 0 Å². The number of methoxy groups -OCH3 is 1. The molecule has 1 amide bonds. The highest BCUT2D eigenvalue weighted by Crippen LogP contribution is 2.26. The Balaban J connectivity index is 1.81. The minimum absolute atomic E-state index is 0.0946. The van der Waals surface area contributed by atoms with Crippen molar-refractivity contribution in [1.29, 1.82) is 0 Å². The smallest absolute Gasteiger partial charge is 0.244 e. The minimum Gasteiger partial charge on any atom is -0.508 e. The molecule has 0 aliphatic rings. The van der Waals surface area contributed by atoms with Crippen LogP contribution in [0, 0.1) is 0 Å². The minimum atomic E-state index is -0.191. The fourth-order valence-corrected chi connectivity index (χ4v) is 2.02. The van der Waals surface area contributed by atoms with Gasteiger partial charge >= 0.3 is 0 Å². The number of hydrogen-bond donors (Lipinski definition) is 3. The van der Waals surface area contributed by atoms with Crippen molar-refractivity contribution in [3.8, 4) is 17.2 Å². The molecular formula is C18H19NO4. The molecule has 2 rings (SSSR count). The van der Waals surface area contributed by atoms with Gasteiger partial charge in [0, 0.05) is 12.6 Å². The van der Waals surface area contributed by atoms with E-state index in [4.69, 9.17) is 4.74 Å². The topological polar surface area (TPSA) is 78.8 Å². The Labute approximate surface area is 134 Å². The van der Waals surface area contributed by atoms with Gasteiger partial charge in [-0.15, -0.1) is 0 Å². The van der Waals surface area contributed by atoms with E-state index in [1.54, 1.807) is 48.5 Å². The van der Waals surface area contributed by atoms with E-state index in [0.29, 0.717) is 18.7 Å². The molecule has 0 bridgehead atoms. The number of ether oxygens (including phenoxy) is 1. The molecule has 2 aromatic carbocycles. The Hall–Kier alpha value is -2.95. The SMILES string of the molecule is COc1cc(CCNC(=O)/C=C/c2ccc(O)cc2)ccc1O. The summed E-state index contributed by atoms with van der Waals surface area (Å²) in [6.45, 7) is 0.479. The molecule has 0 atom stereocenters. The van der Waals surface area contributed by atoms with Gasteiger partial charge in [-0.05, 0) is 47.9 Å². The van der Waals surface area contributed by atoms with E-state index in [-0.39, 0.29) is 17.4 Å². The van der Waals surface area contributed by atoms with Crippen LogP contribution in [0.2, 0.25) is 0 Å². The summed E-state index contributed by atoms with van der Waals surface area (Å²) < 4.78 is 5.04. The van der Waals surface area contributed by atoms with E-state index in [0.717, 1.165) is 11.1 Å². The fraction of sp³-hybridized carbons (Fsp3) is 0.167. The molecule has 0 saturated carbocycles. The van der Waals surface area contributed by atoms with Crippen LogP contribution in [0.1, 0.15) is 11.1 Å². The van der Waals surface area contributed by atoms with Crippen molar-refractivity contribution in [3.05, 3.63) is 59.7 Å². The van der Waals surface area contributed by atoms with E-state index in [9.17, 15) is 15.0 Å². The van der Waals surface area contributed by atoms with Gasteiger partial charge in [0.25, 0.3) is 0 Å². The van der Waals surface area contributed by atoms with Gasteiger partial charge in [-0.1, -0.05) is 18.2 Å². The predicted octanol–water partition coefficient (Wildman–Crippen LogP) is 2.48. The normalized spacial score (nSPS) is 10.7. The average Bonchev–Trinajstić information content (AvgIpc) is 2.56. The van der Waals surface area contributed by atoms with Crippen LogP contribution in [0.5, 0.6) is 17.2 Å². The molecule has 0 spiro atoms. The van der Waals surface area contributed by atoms with Crippen molar-refractivity contribution in [2.45, 2.75) is 6.42 Å². The summed E-state index contributed by atoms with van der Waals surface area (Å²) in [6, 6.07) is 11.7. The molecule has 0 heterocycles. The highest BCUT2D eigenvalue weighted by Gasteiger charge is 2.03. The van der Waals surface area contributed by atoms with Crippen LogP contribution in [0.4, 0.5) is 0 Å². The van der Waals surface area contributed by atoms with Gasteiger partial charge in [0.2, 0.25) is 5.91 Å². The molecule has 5 nitrogen and oxygen atoms in total. The molecule has 0 aromatic heterocycles. The molecule has 0 aliphatic carbocycles. The third-order valence-electron chi connectivity index (χ3n) is 3.28. The molecule has 0 fully saturated rings. The van der Waals surface area contributed by atoms with Gasteiger partial charge in [0.15, 0.2) is 11.5 Å². The van der Waals surface area contributed by atoms with Crippen LogP contribution in [-0.2, 0) is 11.2 Å². The summed E-state index contributed by atoms with van der Waals surface area (Å²) in [7, 11) is 1.49. The summed E-state index contributed by atoms with van der Waals surface area (Å²) in [5.41, 5.74) is 1.80. The standard InChI is InChI=1S/C18H19NO4/c1-23-17-12-14(4-8-16(17)21)10-11-19-18(22)9-5-13-2-6-15(20)7-3-13/h2-9,12,20-21H,10-11H2,1H3,(H,19,22)/b9-5+. The van der Waals surface area contributed by atoms with Crippen LogP contribution in [0.25, 0.3) is 6.08 Å². The molecule has 0 aliphatic heterocycles. The highest BCUT2D eigenvalue weighted by atomic mass is 16.5. The second-order valence-corrected chi connectivity index (χ2v) is 4.97. The van der Waals surface area contributed by atoms with Crippen LogP contribution in [0.15, 0.2) is 48.5 Å². The largest absolute Gasteiger partial charge is 0.508 e. The molecule has 0 radical (unpaired) electrons. The summed E-state index contributed by atoms with van der Waals surface area (Å²) in [5.74, 6) is 0.512. The average molecular weight is 313 g/mol. The Morgan fingerprint density at radius 3 is 2.61 bits per heavy atom. The van der Waals surface area contributed by atoms with Crippen LogP contribution >= 0.6 is 0 Å². The van der Waals surface area contributed by atoms with Gasteiger partial charge in [0.1, 0.15) is 5.75 Å². The maximum absolute atomic E-state index is 11.7. The number of phenolic OH excluding ortho intramolecular Hbond substituents is 2. The fourth-order valence-electron chi connectivity index (χ4n) is 2.02. The first-order valence-electron chi connectivity index (χ1n) is 7.19. The van der Waals surface area contributed by atoms with Crippen molar-refractivity contribution in [2.24, 2.45) is 0 Å². The van der Waals surface area contributed by atoms with Crippen molar-refractivity contribution < 1.29 is 19.7 Å². The number of nitrogens with one attached hydrogen (secondary N) is 1. The number of rotatable bonds is 6. The molecule has 0 unspecified atom stereocenters. The lowest BCUT2D eigenvalue weighted by atomic mass is 10.1. The first-order chi connectivity index (χ1) is 11.1. The Bertz CT molecular complexity index is 693. The zero-order valence-electron chi connectivity index (χ0n) is 12.8. The van der Waals surface area contributed by atoms with E-state index in [1.807, 2.05) is 0 Å². The number of benzene rings is 2. The molecular weight excluding hydrogens is 294 g/mol. The van der Waals surface area contributed by atoms with Crippen LogP contribution < -0.4 is 10.1 Å². The van der Waals surface area contributed by atoms with Gasteiger partial charge in [0.05, 0.1) is 7.11 Å². The first-order valence-corrected chi connectivity index (χ1v) is 7.19. The van der Waals surface area contributed by atoms with Crippen molar-refractivity contribution >= 4 is 12.0 Å². The van der Waals surface area contributed by atoms with Crippen LogP contribution in [-0.4, -0.2) is 29.8 Å². The Morgan fingerprint density at radius 1 is 1.17 bits per heavy atom. The van der Waals surface area contributed by atoms with Crippen molar-refractivity contribution in [2.75, 3.05) is 13.7 Å². The zero-order chi connectivity index (χ0) is 16.7. The Morgan fingerprint density at radius 2 is 1.91 bits per heavy atom. The number of amides is 1. The molecule has 2 aromatic rings. The second-order valence-electron chi connectivity index (χ2n) is 4.97. The van der Waals surface area contributed by atoms with Gasteiger partial charge in [-0.2, -0.15) is 0 Å². The molecule has 120 valence electrons. The van der Waals surface area contributed by atoms with E-state index in [2.05, 4.69) is 5.32 Å². The van der Waals surface area contributed by atoms with Gasteiger partial charge < -0.3 is 20.3 Å². The lowest BCUT2D eigenvalue weighted by Crippen LogP contribution is -2.23. The molecule has 5 heteroatoms. The summed E-state index contributed by atoms with van der Waals surface area (Å²) in [5, 5.41) is 21.5. The third kappa shape index (κ3) is 5.07. The molecule has 3 N–H and O–H groups in total.